The zero-order chi connectivity index (χ0) is 11.9. The van der Waals surface area contributed by atoms with Crippen LogP contribution < -0.4 is 5.32 Å². The predicted molar refractivity (Wildman–Crippen MR) is 60.0 cm³/mol. The number of carboxylic acids is 1. The highest BCUT2D eigenvalue weighted by atomic mass is 16.5. The molecular weight excluding hydrogens is 194 g/mol. The Morgan fingerprint density at radius 2 is 1.80 bits per heavy atom. The van der Waals surface area contributed by atoms with Crippen molar-refractivity contribution >= 4 is 5.97 Å². The van der Waals surface area contributed by atoms with Crippen LogP contribution in [0.1, 0.15) is 40.0 Å². The molecule has 0 bridgehead atoms. The molecule has 0 aromatic heterocycles. The third-order valence-corrected chi connectivity index (χ3v) is 3.14. The summed E-state index contributed by atoms with van der Waals surface area (Å²) in [7, 11) is 1.52. The molecule has 0 aromatic carbocycles. The van der Waals surface area contributed by atoms with Gasteiger partial charge in [-0.1, -0.05) is 20.8 Å². The molecule has 4 nitrogen and oxygen atoms in total. The maximum Gasteiger partial charge on any atom is 0.323 e. The lowest BCUT2D eigenvalue weighted by atomic mass is 9.89. The molecule has 0 amide bonds. The second-order valence-corrected chi connectivity index (χ2v) is 3.83. The first-order valence-electron chi connectivity index (χ1n) is 5.54. The van der Waals surface area contributed by atoms with Gasteiger partial charge in [0, 0.05) is 12.6 Å². The highest BCUT2D eigenvalue weighted by Crippen LogP contribution is 2.20. The van der Waals surface area contributed by atoms with Gasteiger partial charge < -0.3 is 9.84 Å². The molecule has 0 heterocycles. The summed E-state index contributed by atoms with van der Waals surface area (Å²) in [5.74, 6) is -0.850. The van der Waals surface area contributed by atoms with Gasteiger partial charge in [-0.3, -0.25) is 10.1 Å². The third kappa shape index (κ3) is 4.18. The maximum atomic E-state index is 11.0. The molecule has 0 aliphatic carbocycles. The fraction of sp³-hybridized carbons (Fsp3) is 0.909. The number of methoxy groups -OCH3 is 1. The Balaban J connectivity index is 4.52. The number of ether oxygens (including phenoxy) is 1. The lowest BCUT2D eigenvalue weighted by molar-refractivity contribution is -0.141. The molecule has 4 heteroatoms. The summed E-state index contributed by atoms with van der Waals surface area (Å²) in [4.78, 5) is 11.0. The Bertz CT molecular complexity index is 182. The van der Waals surface area contributed by atoms with E-state index >= 15 is 0 Å². The molecule has 0 aromatic rings. The molecule has 0 radical (unpaired) electrons. The zero-order valence-electron chi connectivity index (χ0n) is 10.2. The average Bonchev–Trinajstić information content (AvgIpc) is 2.24. The van der Waals surface area contributed by atoms with Gasteiger partial charge in [-0.05, 0) is 19.3 Å². The van der Waals surface area contributed by atoms with Crippen LogP contribution in [0.25, 0.3) is 0 Å². The predicted octanol–water partition coefficient (Wildman–Crippen LogP) is 1.64. The van der Waals surface area contributed by atoms with Crippen LogP contribution >= 0.6 is 0 Å². The monoisotopic (exact) mass is 217 g/mol. The van der Waals surface area contributed by atoms with E-state index in [2.05, 4.69) is 26.1 Å². The fourth-order valence-corrected chi connectivity index (χ4v) is 1.77. The van der Waals surface area contributed by atoms with E-state index in [0.717, 1.165) is 19.3 Å². The van der Waals surface area contributed by atoms with E-state index in [4.69, 9.17) is 9.84 Å². The SMILES string of the molecule is CCC(CC)(CC)NC(COC)C(=O)O. The molecule has 1 atom stereocenters. The van der Waals surface area contributed by atoms with Gasteiger partial charge in [0.2, 0.25) is 0 Å². The van der Waals surface area contributed by atoms with E-state index in [1.165, 1.54) is 7.11 Å². The van der Waals surface area contributed by atoms with E-state index in [1.54, 1.807) is 0 Å². The number of rotatable bonds is 8. The molecule has 0 aliphatic rings. The van der Waals surface area contributed by atoms with Crippen LogP contribution in [0, 0.1) is 0 Å². The molecule has 0 saturated heterocycles. The van der Waals surface area contributed by atoms with E-state index in [-0.39, 0.29) is 12.1 Å². The third-order valence-electron chi connectivity index (χ3n) is 3.14. The number of carboxylic acid groups (broad SMARTS) is 1. The van der Waals surface area contributed by atoms with Crippen molar-refractivity contribution < 1.29 is 14.6 Å². The summed E-state index contributed by atoms with van der Waals surface area (Å²) >= 11 is 0. The molecule has 0 aliphatic heterocycles. The second kappa shape index (κ2) is 6.80. The van der Waals surface area contributed by atoms with E-state index in [1.807, 2.05) is 0 Å². The lowest BCUT2D eigenvalue weighted by Gasteiger charge is -2.34. The van der Waals surface area contributed by atoms with E-state index in [0.29, 0.717) is 0 Å². The van der Waals surface area contributed by atoms with Gasteiger partial charge >= 0.3 is 5.97 Å². The smallest absolute Gasteiger partial charge is 0.323 e. The highest BCUT2D eigenvalue weighted by molar-refractivity contribution is 5.73. The molecule has 0 saturated carbocycles. The minimum absolute atomic E-state index is 0.0818. The van der Waals surface area contributed by atoms with Crippen molar-refractivity contribution in [2.24, 2.45) is 0 Å². The molecule has 0 spiro atoms. The minimum Gasteiger partial charge on any atom is -0.480 e. The highest BCUT2D eigenvalue weighted by Gasteiger charge is 2.30. The number of aliphatic carboxylic acids is 1. The molecule has 90 valence electrons. The largest absolute Gasteiger partial charge is 0.480 e. The maximum absolute atomic E-state index is 11.0. The van der Waals surface area contributed by atoms with Gasteiger partial charge in [0.05, 0.1) is 6.61 Å². The van der Waals surface area contributed by atoms with Gasteiger partial charge in [-0.15, -0.1) is 0 Å². The number of hydrogen-bond donors (Lipinski definition) is 2. The van der Waals surface area contributed by atoms with Crippen molar-refractivity contribution in [3.63, 3.8) is 0 Å². The van der Waals surface area contributed by atoms with Crippen molar-refractivity contribution in [3.8, 4) is 0 Å². The number of nitrogens with one attached hydrogen (secondary N) is 1. The summed E-state index contributed by atoms with van der Waals surface area (Å²) in [5.41, 5.74) is -0.0818. The standard InChI is InChI=1S/C11H23NO3/c1-5-11(6-2,7-3)12-9(8-15-4)10(13)14/h9,12H,5-8H2,1-4H3,(H,13,14). The van der Waals surface area contributed by atoms with Crippen molar-refractivity contribution in [1.29, 1.82) is 0 Å². The molecule has 0 rings (SSSR count). The van der Waals surface area contributed by atoms with Crippen LogP contribution in [0.5, 0.6) is 0 Å². The van der Waals surface area contributed by atoms with E-state index < -0.39 is 12.0 Å². The van der Waals surface area contributed by atoms with Crippen LogP contribution in [0.15, 0.2) is 0 Å². The van der Waals surface area contributed by atoms with Crippen molar-refractivity contribution in [2.75, 3.05) is 13.7 Å². The summed E-state index contributed by atoms with van der Waals surface area (Å²) < 4.78 is 4.90. The number of carbonyl (C=O) groups is 1. The van der Waals surface area contributed by atoms with Crippen LogP contribution in [0.2, 0.25) is 0 Å². The van der Waals surface area contributed by atoms with Crippen LogP contribution in [0.4, 0.5) is 0 Å². The Labute approximate surface area is 92.0 Å². The molecule has 15 heavy (non-hydrogen) atoms. The van der Waals surface area contributed by atoms with Crippen molar-refractivity contribution in [1.82, 2.24) is 5.32 Å². The Morgan fingerprint density at radius 1 is 1.33 bits per heavy atom. The van der Waals surface area contributed by atoms with Gasteiger partial charge in [-0.25, -0.2) is 0 Å². The summed E-state index contributed by atoms with van der Waals surface area (Å²) in [6, 6.07) is -0.616. The first-order chi connectivity index (χ1) is 7.05. The molecular formula is C11H23NO3. The Hall–Kier alpha value is -0.610. The fourth-order valence-electron chi connectivity index (χ4n) is 1.77. The van der Waals surface area contributed by atoms with E-state index in [9.17, 15) is 4.79 Å². The van der Waals surface area contributed by atoms with Crippen LogP contribution in [-0.4, -0.2) is 36.4 Å². The van der Waals surface area contributed by atoms with Gasteiger partial charge in [0.1, 0.15) is 6.04 Å². The topological polar surface area (TPSA) is 58.6 Å². The summed E-state index contributed by atoms with van der Waals surface area (Å²) in [6.45, 7) is 6.43. The second-order valence-electron chi connectivity index (χ2n) is 3.83. The Kier molecular flexibility index (Phi) is 6.52. The van der Waals surface area contributed by atoms with Crippen molar-refractivity contribution in [3.05, 3.63) is 0 Å². The summed E-state index contributed by atoms with van der Waals surface area (Å²) in [5, 5.41) is 12.2. The van der Waals surface area contributed by atoms with Gasteiger partial charge in [0.15, 0.2) is 0 Å². The Morgan fingerprint density at radius 3 is 2.07 bits per heavy atom. The lowest BCUT2D eigenvalue weighted by Crippen LogP contribution is -2.54. The molecule has 1 unspecified atom stereocenters. The van der Waals surface area contributed by atoms with Crippen LogP contribution in [-0.2, 0) is 9.53 Å². The molecule has 0 fully saturated rings. The quantitative estimate of drug-likeness (QED) is 0.649. The average molecular weight is 217 g/mol. The number of hydrogen-bond acceptors (Lipinski definition) is 3. The van der Waals surface area contributed by atoms with Crippen molar-refractivity contribution in [2.45, 2.75) is 51.6 Å². The minimum atomic E-state index is -0.850. The summed E-state index contributed by atoms with van der Waals surface area (Å²) in [6.07, 6.45) is 2.77. The van der Waals surface area contributed by atoms with Gasteiger partial charge in [0.25, 0.3) is 0 Å². The van der Waals surface area contributed by atoms with Crippen LogP contribution in [0.3, 0.4) is 0 Å². The zero-order valence-corrected chi connectivity index (χ0v) is 10.2. The first-order valence-corrected chi connectivity index (χ1v) is 5.54. The normalized spacial score (nSPS) is 13.9. The van der Waals surface area contributed by atoms with Gasteiger partial charge in [-0.2, -0.15) is 0 Å². The first kappa shape index (κ1) is 14.4. The molecule has 2 N–H and O–H groups in total.